The van der Waals surface area contributed by atoms with Gasteiger partial charge in [0.15, 0.2) is 12.1 Å². The molecule has 1 unspecified atom stereocenters. The van der Waals surface area contributed by atoms with Crippen molar-refractivity contribution in [3.63, 3.8) is 0 Å². The summed E-state index contributed by atoms with van der Waals surface area (Å²) >= 11 is 0. The average molecular weight is 651 g/mol. The molecule has 4 heterocycles. The topological polar surface area (TPSA) is 175 Å². The third-order valence-corrected chi connectivity index (χ3v) is 9.02. The Morgan fingerprint density at radius 3 is 1.91 bits per heavy atom. The third-order valence-electron chi connectivity index (χ3n) is 9.02. The number of nitrogens with zero attached hydrogens (tertiary/aromatic N) is 2. The number of carbonyl (C=O) groups is 3. The van der Waals surface area contributed by atoms with Crippen molar-refractivity contribution in [2.75, 3.05) is 19.8 Å². The fourth-order valence-electron chi connectivity index (χ4n) is 6.19. The molecule has 0 radical (unpaired) electrons. The molecule has 0 amide bonds. The number of hydrogen-bond acceptors (Lipinski definition) is 10. The van der Waals surface area contributed by atoms with Gasteiger partial charge in [0.05, 0.1) is 24.4 Å². The van der Waals surface area contributed by atoms with E-state index in [9.17, 15) is 19.5 Å². The molecule has 2 aliphatic heterocycles. The van der Waals surface area contributed by atoms with Crippen molar-refractivity contribution >= 4 is 29.9 Å². The molecule has 0 aromatic carbocycles. The van der Waals surface area contributed by atoms with Crippen molar-refractivity contribution in [1.29, 1.82) is 0 Å². The Morgan fingerprint density at radius 1 is 0.809 bits per heavy atom. The van der Waals surface area contributed by atoms with Crippen LogP contribution in [-0.4, -0.2) is 86.1 Å². The summed E-state index contributed by atoms with van der Waals surface area (Å²) < 4.78 is 24.0. The molecular formula is C35H42N2O10. The number of pyridine rings is 2. The quantitative estimate of drug-likeness (QED) is 0.347. The summed E-state index contributed by atoms with van der Waals surface area (Å²) in [6, 6.07) is 6.47. The number of carboxylic acids is 2. The smallest absolute Gasteiger partial charge is 0.354 e. The van der Waals surface area contributed by atoms with Crippen LogP contribution in [0.5, 0.6) is 0 Å². The van der Waals surface area contributed by atoms with E-state index >= 15 is 0 Å². The summed E-state index contributed by atoms with van der Waals surface area (Å²) in [7, 11) is 0. The van der Waals surface area contributed by atoms with Crippen molar-refractivity contribution in [2.45, 2.75) is 93.9 Å². The minimum atomic E-state index is -1.09. The van der Waals surface area contributed by atoms with Crippen LogP contribution in [0.25, 0.3) is 12.2 Å². The molecular weight excluding hydrogens is 608 g/mol. The number of aromatic carboxylic acids is 2. The van der Waals surface area contributed by atoms with Gasteiger partial charge in [0.1, 0.15) is 17.2 Å². The number of aromatic nitrogens is 2. The molecule has 6 rings (SSSR count). The summed E-state index contributed by atoms with van der Waals surface area (Å²) in [5.74, 6) is -2.42. The molecule has 2 aromatic rings. The number of carboxylic acid groups (broad SMARTS) is 2. The molecule has 2 saturated heterocycles. The molecule has 1 spiro atoms. The van der Waals surface area contributed by atoms with Gasteiger partial charge < -0.3 is 34.3 Å². The molecule has 4 fully saturated rings. The van der Waals surface area contributed by atoms with Crippen molar-refractivity contribution in [3.05, 3.63) is 71.3 Å². The van der Waals surface area contributed by atoms with Gasteiger partial charge in [-0.15, -0.1) is 0 Å². The lowest BCUT2D eigenvalue weighted by atomic mass is 9.80. The van der Waals surface area contributed by atoms with Crippen molar-refractivity contribution in [3.8, 4) is 0 Å². The van der Waals surface area contributed by atoms with Gasteiger partial charge in [-0.05, 0) is 80.3 Å². The van der Waals surface area contributed by atoms with Gasteiger partial charge in [-0.25, -0.2) is 19.6 Å². The van der Waals surface area contributed by atoms with Crippen molar-refractivity contribution < 1.29 is 48.7 Å². The zero-order valence-corrected chi connectivity index (χ0v) is 26.3. The van der Waals surface area contributed by atoms with Gasteiger partial charge in [-0.1, -0.05) is 24.3 Å². The second-order valence-electron chi connectivity index (χ2n) is 12.5. The molecule has 2 aromatic heterocycles. The number of Topliss-reactive ketones (excluding diaryl/α,β-unsaturated/α-hetero) is 1. The zero-order valence-electron chi connectivity index (χ0n) is 26.3. The van der Waals surface area contributed by atoms with E-state index in [0.717, 1.165) is 57.1 Å². The number of aliphatic hydroxyl groups is 1. The maximum Gasteiger partial charge on any atom is 0.354 e. The van der Waals surface area contributed by atoms with Crippen LogP contribution in [0, 0.1) is 0 Å². The zero-order chi connectivity index (χ0) is 33.3. The monoisotopic (exact) mass is 650 g/mol. The van der Waals surface area contributed by atoms with Gasteiger partial charge >= 0.3 is 11.9 Å². The van der Waals surface area contributed by atoms with E-state index in [1.165, 1.54) is 18.5 Å². The highest BCUT2D eigenvalue weighted by Crippen LogP contribution is 2.44. The first-order valence-corrected chi connectivity index (χ1v) is 16.2. The minimum absolute atomic E-state index is 0.0306. The predicted octanol–water partition coefficient (Wildman–Crippen LogP) is 5.06. The second-order valence-corrected chi connectivity index (χ2v) is 12.5. The third kappa shape index (κ3) is 9.61. The largest absolute Gasteiger partial charge is 0.477 e. The molecule has 2 saturated carbocycles. The summed E-state index contributed by atoms with van der Waals surface area (Å²) in [5, 5.41) is 28.2. The summed E-state index contributed by atoms with van der Waals surface area (Å²) in [4.78, 5) is 40.7. The van der Waals surface area contributed by atoms with Crippen LogP contribution in [0.15, 0.2) is 48.8 Å². The van der Waals surface area contributed by atoms with Crippen LogP contribution in [0.4, 0.5) is 0 Å². The Morgan fingerprint density at radius 2 is 1.38 bits per heavy atom. The Labute approximate surface area is 273 Å². The van der Waals surface area contributed by atoms with Crippen molar-refractivity contribution in [2.24, 2.45) is 0 Å². The first-order chi connectivity index (χ1) is 22.6. The van der Waals surface area contributed by atoms with Crippen LogP contribution < -0.4 is 0 Å². The first-order valence-electron chi connectivity index (χ1n) is 16.2. The van der Waals surface area contributed by atoms with E-state index in [2.05, 4.69) is 9.97 Å². The lowest BCUT2D eigenvalue weighted by molar-refractivity contribution is -0.249. The SMILES string of the molecule is O=C(O)c1cc(/C=C/C2(OC3CCCCO3)CCC3(CC2)OCCO3)ccn1.O=C1CCC(O)(/C=C/c2ccnc(C(=O)O)c2)CC1. The highest BCUT2D eigenvalue weighted by Gasteiger charge is 2.47. The van der Waals surface area contributed by atoms with E-state index in [4.69, 9.17) is 29.2 Å². The molecule has 12 nitrogen and oxygen atoms in total. The summed E-state index contributed by atoms with van der Waals surface area (Å²) in [5.41, 5.74) is -0.00199. The summed E-state index contributed by atoms with van der Waals surface area (Å²) in [6.07, 6.45) is 17.7. The van der Waals surface area contributed by atoms with Crippen LogP contribution >= 0.6 is 0 Å². The molecule has 3 N–H and O–H groups in total. The number of ether oxygens (including phenoxy) is 4. The normalized spacial score (nSPS) is 23.4. The maximum atomic E-state index is 11.2. The fourth-order valence-corrected chi connectivity index (χ4v) is 6.19. The lowest BCUT2D eigenvalue weighted by Gasteiger charge is -2.44. The number of rotatable bonds is 8. The molecule has 12 heteroatoms. The van der Waals surface area contributed by atoms with Crippen molar-refractivity contribution in [1.82, 2.24) is 9.97 Å². The van der Waals surface area contributed by atoms with Gasteiger partial charge in [-0.3, -0.25) is 4.79 Å². The van der Waals surface area contributed by atoms with E-state index in [0.29, 0.717) is 44.5 Å². The first kappa shape index (κ1) is 34.5. The second kappa shape index (κ2) is 15.4. The molecule has 0 bridgehead atoms. The average Bonchev–Trinajstić information content (AvgIpc) is 3.55. The lowest BCUT2D eigenvalue weighted by Crippen LogP contribution is -2.46. The Balaban J connectivity index is 0.000000199. The fraction of sp³-hybridized carbons (Fsp3) is 0.514. The van der Waals surface area contributed by atoms with Gasteiger partial charge in [0, 0.05) is 44.7 Å². The Bertz CT molecular complexity index is 1460. The molecule has 4 aliphatic rings. The summed E-state index contributed by atoms with van der Waals surface area (Å²) in [6.45, 7) is 2.02. The van der Waals surface area contributed by atoms with Gasteiger partial charge in [0.25, 0.3) is 0 Å². The predicted molar refractivity (Wildman–Crippen MR) is 169 cm³/mol. The van der Waals surface area contributed by atoms with E-state index in [1.54, 1.807) is 30.4 Å². The standard InChI is InChI=1S/C21H27NO6.C14H15NO4/c23-19(24)17-15-16(5-11-22-17)4-6-20(28-18-3-1-2-12-25-18)7-9-21(10-8-20)26-13-14-27-21;16-11-2-6-14(19,7-3-11)5-1-10-4-8-15-12(9-10)13(17)18/h4-6,11,15,18H,1-3,7-10,12-14H2,(H,23,24);1,4-5,8-9,19H,2-3,6-7H2,(H,17,18)/b6-4+;5-1+. The Hall–Kier alpha value is -3.81. The van der Waals surface area contributed by atoms with Crippen LogP contribution in [0.3, 0.4) is 0 Å². The maximum absolute atomic E-state index is 11.2. The van der Waals surface area contributed by atoms with Gasteiger partial charge in [0.2, 0.25) is 0 Å². The number of ketones is 1. The number of hydrogen-bond donors (Lipinski definition) is 3. The Kier molecular flexibility index (Phi) is 11.3. The van der Waals surface area contributed by atoms with Crippen LogP contribution in [0.2, 0.25) is 0 Å². The van der Waals surface area contributed by atoms with E-state index in [1.807, 2.05) is 12.2 Å². The van der Waals surface area contributed by atoms with Gasteiger partial charge in [-0.2, -0.15) is 0 Å². The van der Waals surface area contributed by atoms with Crippen LogP contribution in [-0.2, 0) is 23.7 Å². The van der Waals surface area contributed by atoms with E-state index in [-0.39, 0.29) is 23.5 Å². The highest BCUT2D eigenvalue weighted by atomic mass is 16.7. The number of carbonyl (C=O) groups excluding carboxylic acids is 1. The van der Waals surface area contributed by atoms with Crippen LogP contribution in [0.1, 0.15) is 103 Å². The highest BCUT2D eigenvalue weighted by molar-refractivity contribution is 5.86. The minimum Gasteiger partial charge on any atom is -0.477 e. The molecule has 47 heavy (non-hydrogen) atoms. The molecule has 2 aliphatic carbocycles. The molecule has 252 valence electrons. The van der Waals surface area contributed by atoms with E-state index < -0.39 is 28.9 Å². The molecule has 1 atom stereocenters.